The summed E-state index contributed by atoms with van der Waals surface area (Å²) < 4.78 is 0. The van der Waals surface area contributed by atoms with Crippen LogP contribution >= 0.6 is 0 Å². The normalized spacial score (nSPS) is 11.3. The summed E-state index contributed by atoms with van der Waals surface area (Å²) in [5.41, 5.74) is 5.27. The summed E-state index contributed by atoms with van der Waals surface area (Å²) in [4.78, 5) is 0. The second kappa shape index (κ2) is 13.5. The van der Waals surface area contributed by atoms with E-state index in [2.05, 4.69) is 13.0 Å². The largest absolute Gasteiger partial charge is 0.405 e. The predicted molar refractivity (Wildman–Crippen MR) is 69.8 cm³/mol. The molecule has 0 aromatic heterocycles. The predicted octanol–water partition coefficient (Wildman–Crippen LogP) is 4.77. The lowest BCUT2D eigenvalue weighted by Crippen LogP contribution is -1.82. The molecule has 90 valence electrons. The van der Waals surface area contributed by atoms with Gasteiger partial charge < -0.3 is 5.73 Å². The Morgan fingerprint density at radius 2 is 1.20 bits per heavy atom. The highest BCUT2D eigenvalue weighted by molar-refractivity contribution is 4.74. The van der Waals surface area contributed by atoms with Gasteiger partial charge in [-0.1, -0.05) is 70.8 Å². The van der Waals surface area contributed by atoms with Crippen LogP contribution in [0, 0.1) is 0 Å². The van der Waals surface area contributed by atoms with Gasteiger partial charge in [0, 0.05) is 0 Å². The number of allylic oxidation sites excluding steroid dienone is 1. The van der Waals surface area contributed by atoms with Crippen molar-refractivity contribution >= 4 is 0 Å². The Bertz CT molecular complexity index is 129. The molecule has 0 aliphatic heterocycles. The first-order valence-corrected chi connectivity index (χ1v) is 6.78. The van der Waals surface area contributed by atoms with Crippen molar-refractivity contribution in [3.05, 3.63) is 12.3 Å². The van der Waals surface area contributed by atoms with E-state index in [-0.39, 0.29) is 0 Å². The highest BCUT2D eigenvalue weighted by atomic mass is 14.5. The van der Waals surface area contributed by atoms with E-state index in [1.165, 1.54) is 64.2 Å². The molecular weight excluding hydrogens is 182 g/mol. The highest BCUT2D eigenvalue weighted by Gasteiger charge is 1.91. The summed E-state index contributed by atoms with van der Waals surface area (Å²) in [7, 11) is 0. The van der Waals surface area contributed by atoms with Gasteiger partial charge in [0.05, 0.1) is 0 Å². The molecule has 0 radical (unpaired) electrons. The van der Waals surface area contributed by atoms with Crippen LogP contribution in [-0.2, 0) is 0 Å². The highest BCUT2D eigenvalue weighted by Crippen LogP contribution is 2.11. The maximum Gasteiger partial charge on any atom is -0.0103 e. The molecule has 15 heavy (non-hydrogen) atoms. The van der Waals surface area contributed by atoms with E-state index in [0.29, 0.717) is 0 Å². The van der Waals surface area contributed by atoms with Crippen LogP contribution in [0.25, 0.3) is 0 Å². The Kier molecular flexibility index (Phi) is 13.1. The van der Waals surface area contributed by atoms with Crippen molar-refractivity contribution < 1.29 is 0 Å². The van der Waals surface area contributed by atoms with Crippen LogP contribution in [0.15, 0.2) is 12.3 Å². The van der Waals surface area contributed by atoms with Crippen LogP contribution in [0.2, 0.25) is 0 Å². The number of nitrogens with two attached hydrogens (primary N) is 1. The van der Waals surface area contributed by atoms with E-state index >= 15 is 0 Å². The van der Waals surface area contributed by atoms with Crippen LogP contribution < -0.4 is 5.73 Å². The molecule has 0 rings (SSSR count). The van der Waals surface area contributed by atoms with Gasteiger partial charge in [-0.15, -0.1) is 0 Å². The first-order chi connectivity index (χ1) is 7.41. The molecule has 0 amide bonds. The summed E-state index contributed by atoms with van der Waals surface area (Å²) in [5, 5.41) is 0. The SMILES string of the molecule is CCCCCCCCCCCCC=CN. The molecule has 0 spiro atoms. The molecule has 1 nitrogen and oxygen atoms in total. The van der Waals surface area contributed by atoms with Crippen molar-refractivity contribution in [3.63, 3.8) is 0 Å². The van der Waals surface area contributed by atoms with Crippen molar-refractivity contribution in [2.45, 2.75) is 77.6 Å². The zero-order valence-corrected chi connectivity index (χ0v) is 10.5. The molecule has 0 saturated heterocycles. The Morgan fingerprint density at radius 3 is 1.67 bits per heavy atom. The van der Waals surface area contributed by atoms with E-state index in [9.17, 15) is 0 Å². The number of unbranched alkanes of at least 4 members (excludes halogenated alkanes) is 10. The van der Waals surface area contributed by atoms with Gasteiger partial charge in [0.25, 0.3) is 0 Å². The second-order valence-electron chi connectivity index (χ2n) is 4.40. The first kappa shape index (κ1) is 14.5. The molecule has 0 atom stereocenters. The lowest BCUT2D eigenvalue weighted by molar-refractivity contribution is 0.557. The minimum atomic E-state index is 1.16. The minimum absolute atomic E-state index is 1.16. The smallest absolute Gasteiger partial charge is 0.0103 e. The van der Waals surface area contributed by atoms with Gasteiger partial charge in [0.2, 0.25) is 0 Å². The molecule has 0 aliphatic rings. The van der Waals surface area contributed by atoms with Gasteiger partial charge >= 0.3 is 0 Å². The fourth-order valence-corrected chi connectivity index (χ4v) is 1.85. The average molecular weight is 211 g/mol. The van der Waals surface area contributed by atoms with Gasteiger partial charge in [-0.2, -0.15) is 0 Å². The Hall–Kier alpha value is -0.460. The summed E-state index contributed by atoms with van der Waals surface area (Å²) in [6.45, 7) is 2.27. The molecule has 0 aromatic carbocycles. The summed E-state index contributed by atoms with van der Waals surface area (Å²) in [6.07, 6.45) is 19.0. The Morgan fingerprint density at radius 1 is 0.733 bits per heavy atom. The standard InChI is InChI=1S/C14H29N/c1-2-3-4-5-6-7-8-9-10-11-12-13-14-15/h13-14H,2-12,15H2,1H3. The lowest BCUT2D eigenvalue weighted by atomic mass is 10.1. The molecule has 0 aliphatic carbocycles. The zero-order chi connectivity index (χ0) is 11.2. The third-order valence-corrected chi connectivity index (χ3v) is 2.86. The molecule has 0 unspecified atom stereocenters. The fourth-order valence-electron chi connectivity index (χ4n) is 1.85. The number of hydrogen-bond donors (Lipinski definition) is 1. The van der Waals surface area contributed by atoms with Crippen LogP contribution in [0.4, 0.5) is 0 Å². The maximum absolute atomic E-state index is 5.27. The molecule has 0 saturated carbocycles. The molecule has 0 fully saturated rings. The molecule has 0 heterocycles. The summed E-state index contributed by atoms with van der Waals surface area (Å²) in [6, 6.07) is 0. The number of rotatable bonds is 11. The van der Waals surface area contributed by atoms with Crippen molar-refractivity contribution in [3.8, 4) is 0 Å². The minimum Gasteiger partial charge on any atom is -0.405 e. The summed E-state index contributed by atoms with van der Waals surface area (Å²) >= 11 is 0. The van der Waals surface area contributed by atoms with Gasteiger partial charge in [0.1, 0.15) is 0 Å². The van der Waals surface area contributed by atoms with Gasteiger partial charge in [0.15, 0.2) is 0 Å². The Labute approximate surface area is 96.1 Å². The van der Waals surface area contributed by atoms with Gasteiger partial charge in [-0.05, 0) is 19.0 Å². The van der Waals surface area contributed by atoms with E-state index < -0.39 is 0 Å². The molecule has 1 heteroatoms. The van der Waals surface area contributed by atoms with Crippen molar-refractivity contribution in [1.82, 2.24) is 0 Å². The maximum atomic E-state index is 5.27. The van der Waals surface area contributed by atoms with Gasteiger partial charge in [-0.3, -0.25) is 0 Å². The van der Waals surface area contributed by atoms with Gasteiger partial charge in [-0.25, -0.2) is 0 Å². The monoisotopic (exact) mass is 211 g/mol. The van der Waals surface area contributed by atoms with Crippen LogP contribution in [0.1, 0.15) is 77.6 Å². The van der Waals surface area contributed by atoms with E-state index in [0.717, 1.165) is 6.42 Å². The molecule has 0 aromatic rings. The zero-order valence-electron chi connectivity index (χ0n) is 10.5. The van der Waals surface area contributed by atoms with E-state index in [1.807, 2.05) is 0 Å². The first-order valence-electron chi connectivity index (χ1n) is 6.78. The van der Waals surface area contributed by atoms with Crippen LogP contribution in [0.5, 0.6) is 0 Å². The molecule has 2 N–H and O–H groups in total. The number of hydrogen-bond acceptors (Lipinski definition) is 1. The molecule has 0 bridgehead atoms. The third-order valence-electron chi connectivity index (χ3n) is 2.86. The van der Waals surface area contributed by atoms with Crippen molar-refractivity contribution in [2.24, 2.45) is 5.73 Å². The van der Waals surface area contributed by atoms with Crippen LogP contribution in [-0.4, -0.2) is 0 Å². The average Bonchev–Trinajstić information content (AvgIpc) is 2.26. The summed E-state index contributed by atoms with van der Waals surface area (Å²) in [5.74, 6) is 0. The lowest BCUT2D eigenvalue weighted by Gasteiger charge is -2.01. The van der Waals surface area contributed by atoms with Crippen molar-refractivity contribution in [2.75, 3.05) is 0 Å². The Balaban J connectivity index is 2.86. The fraction of sp³-hybridized carbons (Fsp3) is 0.857. The topological polar surface area (TPSA) is 26.0 Å². The quantitative estimate of drug-likeness (QED) is 0.489. The molecular formula is C14H29N. The van der Waals surface area contributed by atoms with E-state index in [4.69, 9.17) is 5.73 Å². The van der Waals surface area contributed by atoms with Crippen molar-refractivity contribution in [1.29, 1.82) is 0 Å². The van der Waals surface area contributed by atoms with Crippen LogP contribution in [0.3, 0.4) is 0 Å². The van der Waals surface area contributed by atoms with E-state index in [1.54, 1.807) is 6.20 Å². The second-order valence-corrected chi connectivity index (χ2v) is 4.40. The third kappa shape index (κ3) is 13.5.